The monoisotopic (exact) mass is 466 g/mol. The summed E-state index contributed by atoms with van der Waals surface area (Å²) in [5.41, 5.74) is 1.31. The third kappa shape index (κ3) is 4.77. The number of aliphatic hydroxyl groups is 1. The Bertz CT molecular complexity index is 1020. The Hall–Kier alpha value is -2.15. The molecule has 1 N–H and O–H groups in total. The van der Waals surface area contributed by atoms with Crippen LogP contribution in [0.1, 0.15) is 15.2 Å². The van der Waals surface area contributed by atoms with Crippen molar-refractivity contribution in [1.29, 1.82) is 5.26 Å². The van der Waals surface area contributed by atoms with Crippen molar-refractivity contribution in [3.8, 4) is 17.2 Å². The van der Waals surface area contributed by atoms with E-state index >= 15 is 0 Å². The maximum absolute atomic E-state index is 12.9. The summed E-state index contributed by atoms with van der Waals surface area (Å²) in [6.45, 7) is 1.23. The van der Waals surface area contributed by atoms with Gasteiger partial charge in [0.15, 0.2) is 0 Å². The highest BCUT2D eigenvalue weighted by Crippen LogP contribution is 2.45. The van der Waals surface area contributed by atoms with Gasteiger partial charge in [0.05, 0.1) is 31.2 Å². The van der Waals surface area contributed by atoms with Gasteiger partial charge in [0, 0.05) is 48.4 Å². The summed E-state index contributed by atoms with van der Waals surface area (Å²) in [6.07, 6.45) is 1.05. The first-order chi connectivity index (χ1) is 14.3. The molecule has 7 nitrogen and oxygen atoms in total. The summed E-state index contributed by atoms with van der Waals surface area (Å²) < 4.78 is 5.52. The first kappa shape index (κ1) is 22.5. The van der Waals surface area contributed by atoms with Gasteiger partial charge in [0.1, 0.15) is 15.9 Å². The van der Waals surface area contributed by atoms with E-state index in [1.165, 1.54) is 17.7 Å². The van der Waals surface area contributed by atoms with Crippen LogP contribution in [-0.2, 0) is 4.74 Å². The van der Waals surface area contributed by atoms with E-state index in [0.717, 1.165) is 0 Å². The number of benzene rings is 1. The first-order valence-electron chi connectivity index (χ1n) is 9.10. The Morgan fingerprint density at radius 3 is 2.90 bits per heavy atom. The zero-order chi connectivity index (χ0) is 21.8. The van der Waals surface area contributed by atoms with Gasteiger partial charge in [-0.3, -0.25) is 4.79 Å². The van der Waals surface area contributed by atoms with E-state index in [0.29, 0.717) is 56.3 Å². The third-order valence-electron chi connectivity index (χ3n) is 4.43. The van der Waals surface area contributed by atoms with Crippen molar-refractivity contribution in [3.05, 3.63) is 38.7 Å². The molecule has 30 heavy (non-hydrogen) atoms. The molecule has 0 aliphatic carbocycles. The van der Waals surface area contributed by atoms with Crippen LogP contribution in [0, 0.1) is 11.3 Å². The van der Waals surface area contributed by atoms with Crippen LogP contribution in [0.2, 0.25) is 10.0 Å². The number of thiophene rings is 1. The number of hydrogen-bond acceptors (Lipinski definition) is 6. The quantitative estimate of drug-likeness (QED) is 0.535. The normalized spacial score (nSPS) is 16.7. The van der Waals surface area contributed by atoms with Crippen LogP contribution in [0.4, 0.5) is 5.00 Å². The summed E-state index contributed by atoms with van der Waals surface area (Å²) in [5, 5.41) is 20.9. The molecule has 1 saturated heterocycles. The first-order valence-corrected chi connectivity index (χ1v) is 10.7. The lowest BCUT2D eigenvalue weighted by Gasteiger charge is -2.32. The zero-order valence-electron chi connectivity index (χ0n) is 16.4. The van der Waals surface area contributed by atoms with E-state index < -0.39 is 5.91 Å². The Morgan fingerprint density at radius 2 is 2.27 bits per heavy atom. The van der Waals surface area contributed by atoms with Crippen molar-refractivity contribution in [2.75, 3.05) is 45.3 Å². The van der Waals surface area contributed by atoms with Gasteiger partial charge in [-0.1, -0.05) is 29.3 Å². The van der Waals surface area contributed by atoms with E-state index in [2.05, 4.69) is 11.1 Å². The minimum absolute atomic E-state index is 0.126. The highest BCUT2D eigenvalue weighted by Gasteiger charge is 2.30. The van der Waals surface area contributed by atoms with E-state index in [4.69, 9.17) is 27.9 Å². The van der Waals surface area contributed by atoms with Crippen LogP contribution in [0.5, 0.6) is 0 Å². The average Bonchev–Trinajstić information content (AvgIpc) is 3.11. The minimum Gasteiger partial charge on any atom is -0.394 e. The fourth-order valence-electron chi connectivity index (χ4n) is 3.09. The maximum atomic E-state index is 12.9. The van der Waals surface area contributed by atoms with E-state index in [9.17, 15) is 15.2 Å². The lowest BCUT2D eigenvalue weighted by Crippen LogP contribution is -2.44. The van der Waals surface area contributed by atoms with Crippen molar-refractivity contribution in [2.24, 2.45) is 4.99 Å². The minimum atomic E-state index is -0.468. The van der Waals surface area contributed by atoms with Crippen molar-refractivity contribution in [2.45, 2.75) is 6.10 Å². The average molecular weight is 467 g/mol. The maximum Gasteiger partial charge on any atom is 0.289 e. The molecule has 0 bridgehead atoms. The number of halogens is 2. The molecular formula is C20H20Cl2N4O3S. The van der Waals surface area contributed by atoms with Crippen LogP contribution in [-0.4, -0.2) is 68.8 Å². The summed E-state index contributed by atoms with van der Waals surface area (Å²) in [4.78, 5) is 20.9. The summed E-state index contributed by atoms with van der Waals surface area (Å²) in [6, 6.07) is 7.16. The molecule has 1 aromatic carbocycles. The third-order valence-corrected chi connectivity index (χ3v) is 6.22. The lowest BCUT2D eigenvalue weighted by molar-refractivity contribution is 0.00373. The Morgan fingerprint density at radius 1 is 1.50 bits per heavy atom. The number of anilines is 1. The number of amides is 1. The van der Waals surface area contributed by atoms with Crippen LogP contribution in [0.15, 0.2) is 23.2 Å². The van der Waals surface area contributed by atoms with Crippen molar-refractivity contribution < 1.29 is 14.6 Å². The molecule has 2 aromatic rings. The topological polar surface area (TPSA) is 89.2 Å². The summed E-state index contributed by atoms with van der Waals surface area (Å²) >= 11 is 13.6. The second-order valence-electron chi connectivity index (χ2n) is 6.86. The van der Waals surface area contributed by atoms with Crippen LogP contribution in [0.25, 0.3) is 11.1 Å². The van der Waals surface area contributed by atoms with Crippen molar-refractivity contribution >= 4 is 51.8 Å². The number of aliphatic imine (C=N–C) groups is 1. The molecule has 1 atom stereocenters. The van der Waals surface area contributed by atoms with Gasteiger partial charge >= 0.3 is 0 Å². The number of nitriles is 1. The highest BCUT2D eigenvalue weighted by molar-refractivity contribution is 7.19. The Labute approximate surface area is 188 Å². The molecule has 10 heteroatoms. The van der Waals surface area contributed by atoms with Crippen molar-refractivity contribution in [3.63, 3.8) is 0 Å². The van der Waals surface area contributed by atoms with Gasteiger partial charge in [-0.2, -0.15) is 10.3 Å². The van der Waals surface area contributed by atoms with Crippen molar-refractivity contribution in [1.82, 2.24) is 4.90 Å². The van der Waals surface area contributed by atoms with E-state index in [1.807, 2.05) is 4.90 Å². The van der Waals surface area contributed by atoms with Crippen LogP contribution >= 0.6 is 34.5 Å². The lowest BCUT2D eigenvalue weighted by atomic mass is 10.0. The number of hydrogen-bond donors (Lipinski definition) is 1. The predicted molar refractivity (Wildman–Crippen MR) is 120 cm³/mol. The molecule has 2 heterocycles. The second kappa shape index (κ2) is 9.77. The highest BCUT2D eigenvalue weighted by atomic mass is 35.5. The van der Waals surface area contributed by atoms with E-state index in [-0.39, 0.29) is 12.7 Å². The van der Waals surface area contributed by atoms with Crippen LogP contribution < -0.4 is 4.90 Å². The van der Waals surface area contributed by atoms with Crippen LogP contribution in [0.3, 0.4) is 0 Å². The molecule has 0 saturated carbocycles. The molecule has 1 aliphatic heterocycles. The number of carbonyl (C=O) groups excluding carboxylic acids is 1. The second-order valence-corrected chi connectivity index (χ2v) is 8.70. The number of morpholine rings is 1. The molecule has 3 rings (SSSR count). The molecule has 0 spiro atoms. The largest absolute Gasteiger partial charge is 0.394 e. The van der Waals surface area contributed by atoms with E-state index in [1.54, 1.807) is 37.2 Å². The Balaban J connectivity index is 2.18. The molecule has 1 aliphatic rings. The molecule has 158 valence electrons. The standard InChI is InChI=1S/C20H20Cl2N4O3S/c1-25(2)11-24-19(28)18-17(14-4-3-12(21)7-16(14)22)15(8-23)20(30-18)26-5-6-29-13(9-26)10-27/h3-4,7,11,13,27H,5-6,9-10H2,1-2H3. The number of nitrogens with zero attached hydrogens (tertiary/aromatic N) is 4. The summed E-state index contributed by atoms with van der Waals surface area (Å²) in [5.74, 6) is -0.468. The molecular weight excluding hydrogens is 447 g/mol. The van der Waals surface area contributed by atoms with Gasteiger partial charge in [-0.05, 0) is 12.1 Å². The molecule has 1 aromatic heterocycles. The zero-order valence-corrected chi connectivity index (χ0v) is 18.8. The van der Waals surface area contributed by atoms with Gasteiger partial charge in [-0.15, -0.1) is 11.3 Å². The van der Waals surface area contributed by atoms with Gasteiger partial charge < -0.3 is 19.6 Å². The molecule has 1 unspecified atom stereocenters. The van der Waals surface area contributed by atoms with Gasteiger partial charge in [0.25, 0.3) is 5.91 Å². The molecule has 1 amide bonds. The molecule has 0 radical (unpaired) electrons. The Kier molecular flexibility index (Phi) is 7.34. The summed E-state index contributed by atoms with van der Waals surface area (Å²) in [7, 11) is 3.52. The number of carbonyl (C=O) groups is 1. The predicted octanol–water partition coefficient (Wildman–Crippen LogP) is 3.52. The molecule has 1 fully saturated rings. The number of ether oxygens (including phenoxy) is 1. The fraction of sp³-hybridized carbons (Fsp3) is 0.350. The fourth-order valence-corrected chi connectivity index (χ4v) is 4.78. The SMILES string of the molecule is CN(C)C=NC(=O)c1sc(N2CCOC(CO)C2)c(C#N)c1-c1ccc(Cl)cc1Cl. The number of rotatable bonds is 5. The van der Waals surface area contributed by atoms with Gasteiger partial charge in [0.2, 0.25) is 0 Å². The smallest absolute Gasteiger partial charge is 0.289 e. The number of aliphatic hydroxyl groups excluding tert-OH is 1. The van der Waals surface area contributed by atoms with Gasteiger partial charge in [-0.25, -0.2) is 0 Å².